The van der Waals surface area contributed by atoms with Gasteiger partial charge in [-0.05, 0) is 0 Å². The average molecular weight is 332 g/mol. The fourth-order valence-corrected chi connectivity index (χ4v) is 2.35. The summed E-state index contributed by atoms with van der Waals surface area (Å²) in [5.74, 6) is -1.40. The van der Waals surface area contributed by atoms with Crippen LogP contribution in [0.5, 0.6) is 0 Å². The lowest BCUT2D eigenvalue weighted by Crippen LogP contribution is -2.20. The fourth-order valence-electron chi connectivity index (χ4n) is 2.35. The van der Waals surface area contributed by atoms with Gasteiger partial charge in [0.2, 0.25) is 0 Å². The van der Waals surface area contributed by atoms with E-state index in [1.165, 1.54) is 0 Å². The SMILES string of the molecule is Cl.O=C(O)Cn1c(-c2ccccc2)c(-c2ccccc2)oc1=O. The van der Waals surface area contributed by atoms with Crippen molar-refractivity contribution in [3.8, 4) is 22.6 Å². The summed E-state index contributed by atoms with van der Waals surface area (Å²) in [6, 6.07) is 18.3. The first-order chi connectivity index (χ1) is 10.7. The number of oxazole rings is 1. The van der Waals surface area contributed by atoms with E-state index in [0.29, 0.717) is 11.5 Å². The van der Waals surface area contributed by atoms with Crippen molar-refractivity contribution < 1.29 is 14.3 Å². The average Bonchev–Trinajstić information content (AvgIpc) is 2.85. The maximum absolute atomic E-state index is 12.1. The van der Waals surface area contributed by atoms with E-state index >= 15 is 0 Å². The van der Waals surface area contributed by atoms with Crippen molar-refractivity contribution in [3.63, 3.8) is 0 Å². The third-order valence-electron chi connectivity index (χ3n) is 3.27. The number of aliphatic carboxylic acids is 1. The highest BCUT2D eigenvalue weighted by Gasteiger charge is 2.21. The normalized spacial score (nSPS) is 10.1. The van der Waals surface area contributed by atoms with E-state index in [4.69, 9.17) is 9.52 Å². The Labute approximate surface area is 138 Å². The number of nitrogens with zero attached hydrogens (tertiary/aromatic N) is 1. The smallest absolute Gasteiger partial charge is 0.420 e. The Morgan fingerprint density at radius 3 is 2.00 bits per heavy atom. The summed E-state index contributed by atoms with van der Waals surface area (Å²) >= 11 is 0. The topological polar surface area (TPSA) is 72.4 Å². The van der Waals surface area contributed by atoms with Crippen LogP contribution in [0.2, 0.25) is 0 Å². The van der Waals surface area contributed by atoms with Crippen LogP contribution in [0.1, 0.15) is 0 Å². The Morgan fingerprint density at radius 2 is 1.48 bits per heavy atom. The van der Waals surface area contributed by atoms with Crippen molar-refractivity contribution in [2.24, 2.45) is 0 Å². The standard InChI is InChI=1S/C17H13NO4.ClH/c19-14(20)11-18-15(12-7-3-1-4-8-12)16(22-17(18)21)13-9-5-2-6-10-13;/h1-10H,11H2,(H,19,20);1H. The molecule has 118 valence electrons. The molecule has 0 aliphatic rings. The van der Waals surface area contributed by atoms with E-state index in [9.17, 15) is 9.59 Å². The zero-order valence-electron chi connectivity index (χ0n) is 12.0. The monoisotopic (exact) mass is 331 g/mol. The van der Waals surface area contributed by atoms with Gasteiger partial charge in [0.25, 0.3) is 0 Å². The van der Waals surface area contributed by atoms with Gasteiger partial charge < -0.3 is 9.52 Å². The number of rotatable bonds is 4. The number of aromatic nitrogens is 1. The molecule has 0 spiro atoms. The van der Waals surface area contributed by atoms with Crippen molar-refractivity contribution in [1.29, 1.82) is 0 Å². The molecular weight excluding hydrogens is 318 g/mol. The molecule has 2 aromatic carbocycles. The van der Waals surface area contributed by atoms with Gasteiger partial charge in [-0.3, -0.25) is 9.36 Å². The van der Waals surface area contributed by atoms with Gasteiger partial charge in [0.05, 0.1) is 5.69 Å². The minimum atomic E-state index is -1.10. The van der Waals surface area contributed by atoms with Gasteiger partial charge in [0.15, 0.2) is 5.76 Å². The molecular formula is C17H14ClNO4. The Hall–Kier alpha value is -2.79. The van der Waals surface area contributed by atoms with Crippen LogP contribution >= 0.6 is 12.4 Å². The highest BCUT2D eigenvalue weighted by Crippen LogP contribution is 2.31. The van der Waals surface area contributed by atoms with Gasteiger partial charge >= 0.3 is 11.7 Å². The quantitative estimate of drug-likeness (QED) is 0.796. The molecule has 0 aliphatic carbocycles. The molecule has 0 bridgehead atoms. The second kappa shape index (κ2) is 6.98. The van der Waals surface area contributed by atoms with Gasteiger partial charge in [0.1, 0.15) is 6.54 Å². The van der Waals surface area contributed by atoms with Gasteiger partial charge in [-0.1, -0.05) is 60.7 Å². The van der Waals surface area contributed by atoms with E-state index in [0.717, 1.165) is 15.7 Å². The summed E-state index contributed by atoms with van der Waals surface area (Å²) in [4.78, 5) is 23.1. The molecule has 1 aromatic heterocycles. The summed E-state index contributed by atoms with van der Waals surface area (Å²) in [5.41, 5.74) is 1.93. The zero-order chi connectivity index (χ0) is 15.5. The molecule has 5 nitrogen and oxygen atoms in total. The molecule has 0 atom stereocenters. The second-order valence-electron chi connectivity index (χ2n) is 4.76. The minimum absolute atomic E-state index is 0. The molecule has 1 N–H and O–H groups in total. The lowest BCUT2D eigenvalue weighted by molar-refractivity contribution is -0.137. The number of carbonyl (C=O) groups is 1. The van der Waals surface area contributed by atoms with Crippen molar-refractivity contribution >= 4 is 18.4 Å². The van der Waals surface area contributed by atoms with E-state index in [2.05, 4.69) is 0 Å². The number of benzene rings is 2. The zero-order valence-corrected chi connectivity index (χ0v) is 12.8. The first-order valence-electron chi connectivity index (χ1n) is 6.73. The Kier molecular flexibility index (Phi) is 5.03. The maximum Gasteiger partial charge on any atom is 0.420 e. The molecule has 0 saturated carbocycles. The second-order valence-corrected chi connectivity index (χ2v) is 4.76. The number of carboxylic acid groups (broad SMARTS) is 1. The highest BCUT2D eigenvalue weighted by atomic mass is 35.5. The minimum Gasteiger partial charge on any atom is -0.480 e. The third kappa shape index (κ3) is 3.35. The first kappa shape index (κ1) is 16.6. The van der Waals surface area contributed by atoms with Crippen molar-refractivity contribution in [2.45, 2.75) is 6.54 Å². The third-order valence-corrected chi connectivity index (χ3v) is 3.27. The highest BCUT2D eigenvalue weighted by molar-refractivity contribution is 5.85. The van der Waals surface area contributed by atoms with E-state index < -0.39 is 18.3 Å². The lowest BCUT2D eigenvalue weighted by Gasteiger charge is -2.06. The summed E-state index contributed by atoms with van der Waals surface area (Å²) in [7, 11) is 0. The molecule has 3 aromatic rings. The van der Waals surface area contributed by atoms with E-state index in [1.54, 1.807) is 0 Å². The summed E-state index contributed by atoms with van der Waals surface area (Å²) in [5, 5.41) is 9.04. The predicted octanol–water partition coefficient (Wildman–Crippen LogP) is 3.28. The molecule has 3 rings (SSSR count). The summed E-state index contributed by atoms with van der Waals surface area (Å²) in [6.07, 6.45) is 0. The summed E-state index contributed by atoms with van der Waals surface area (Å²) in [6.45, 7) is -0.445. The molecule has 23 heavy (non-hydrogen) atoms. The van der Waals surface area contributed by atoms with Crippen LogP contribution in [0.3, 0.4) is 0 Å². The summed E-state index contributed by atoms with van der Waals surface area (Å²) < 4.78 is 6.47. The molecule has 0 unspecified atom stereocenters. The Morgan fingerprint density at radius 1 is 0.957 bits per heavy atom. The van der Waals surface area contributed by atoms with Gasteiger partial charge in [-0.25, -0.2) is 4.79 Å². The Bertz CT molecular complexity index is 853. The van der Waals surface area contributed by atoms with Crippen LogP contribution in [0.4, 0.5) is 0 Å². The molecule has 0 fully saturated rings. The van der Waals surface area contributed by atoms with Crippen LogP contribution in [0, 0.1) is 0 Å². The van der Waals surface area contributed by atoms with Gasteiger partial charge in [0, 0.05) is 11.1 Å². The Balaban J connectivity index is 0.00000192. The number of hydrogen-bond donors (Lipinski definition) is 1. The molecule has 1 heterocycles. The molecule has 6 heteroatoms. The molecule has 0 radical (unpaired) electrons. The van der Waals surface area contributed by atoms with Crippen LogP contribution in [0.15, 0.2) is 69.9 Å². The molecule has 0 saturated heterocycles. The van der Waals surface area contributed by atoms with Gasteiger partial charge in [-0.15, -0.1) is 12.4 Å². The molecule has 0 amide bonds. The van der Waals surface area contributed by atoms with E-state index in [1.807, 2.05) is 60.7 Å². The van der Waals surface area contributed by atoms with Gasteiger partial charge in [-0.2, -0.15) is 0 Å². The first-order valence-corrected chi connectivity index (χ1v) is 6.73. The molecule has 0 aliphatic heterocycles. The van der Waals surface area contributed by atoms with Crippen LogP contribution in [0.25, 0.3) is 22.6 Å². The largest absolute Gasteiger partial charge is 0.480 e. The lowest BCUT2D eigenvalue weighted by atomic mass is 10.1. The van der Waals surface area contributed by atoms with Crippen molar-refractivity contribution in [2.75, 3.05) is 0 Å². The predicted molar refractivity (Wildman–Crippen MR) is 88.7 cm³/mol. The number of hydrogen-bond acceptors (Lipinski definition) is 3. The van der Waals surface area contributed by atoms with E-state index in [-0.39, 0.29) is 12.4 Å². The number of carboxylic acids is 1. The fraction of sp³-hybridized carbons (Fsp3) is 0.0588. The maximum atomic E-state index is 12.1. The van der Waals surface area contributed by atoms with Crippen molar-refractivity contribution in [3.05, 3.63) is 71.2 Å². The van der Waals surface area contributed by atoms with Crippen LogP contribution < -0.4 is 5.76 Å². The number of halogens is 1. The van der Waals surface area contributed by atoms with Crippen molar-refractivity contribution in [1.82, 2.24) is 4.57 Å². The van der Waals surface area contributed by atoms with Crippen LogP contribution in [-0.2, 0) is 11.3 Å². The van der Waals surface area contributed by atoms with Crippen LogP contribution in [-0.4, -0.2) is 15.6 Å².